The molecular weight excluding hydrogens is 442 g/mol. The fraction of sp³-hybridized carbons (Fsp3) is 0.435. The van der Waals surface area contributed by atoms with Crippen LogP contribution >= 0.6 is 11.8 Å². The molecule has 0 fully saturated rings. The van der Waals surface area contributed by atoms with Crippen molar-refractivity contribution >= 4 is 34.3 Å². The van der Waals surface area contributed by atoms with Crippen molar-refractivity contribution in [3.8, 4) is 0 Å². The monoisotopic (exact) mass is 471 g/mol. The standard InChI is InChI=1S/C23H29N5O4S/c1-5-6-11-27-20(30)15-9-7-8-10-16(15)25-22(27)33-13-17(29)18-19(24)28(12-14(2)3)23(32)26(4)21(18)31/h7-10,14H,5-6,11-13,24H2,1-4H3. The van der Waals surface area contributed by atoms with E-state index in [1.807, 2.05) is 20.8 Å². The molecule has 2 heterocycles. The van der Waals surface area contributed by atoms with E-state index in [-0.39, 0.29) is 35.2 Å². The van der Waals surface area contributed by atoms with Gasteiger partial charge in [0.15, 0.2) is 10.9 Å². The zero-order valence-electron chi connectivity index (χ0n) is 19.3. The molecule has 1 aromatic carbocycles. The number of carbonyl (C=O) groups excluding carboxylic acids is 1. The number of thioether (sulfide) groups is 1. The number of rotatable bonds is 9. The normalized spacial score (nSPS) is 11.4. The van der Waals surface area contributed by atoms with Gasteiger partial charge < -0.3 is 5.73 Å². The number of fused-ring (bicyclic) bond motifs is 1. The molecule has 2 aromatic heterocycles. The van der Waals surface area contributed by atoms with Crippen molar-refractivity contribution in [1.82, 2.24) is 18.7 Å². The second-order valence-corrected chi connectivity index (χ2v) is 9.29. The van der Waals surface area contributed by atoms with E-state index in [0.717, 1.165) is 29.2 Å². The molecule has 0 amide bonds. The minimum absolute atomic E-state index is 0.0922. The summed E-state index contributed by atoms with van der Waals surface area (Å²) in [5.41, 5.74) is 5.01. The summed E-state index contributed by atoms with van der Waals surface area (Å²) in [5, 5.41) is 0.926. The predicted molar refractivity (Wildman–Crippen MR) is 131 cm³/mol. The molecule has 10 heteroatoms. The molecule has 0 atom stereocenters. The number of benzene rings is 1. The minimum Gasteiger partial charge on any atom is -0.384 e. The van der Waals surface area contributed by atoms with E-state index >= 15 is 0 Å². The van der Waals surface area contributed by atoms with Crippen LogP contribution in [0.3, 0.4) is 0 Å². The third kappa shape index (κ3) is 4.95. The van der Waals surface area contributed by atoms with E-state index in [1.165, 1.54) is 11.6 Å². The van der Waals surface area contributed by atoms with Crippen LogP contribution in [0.5, 0.6) is 0 Å². The van der Waals surface area contributed by atoms with Gasteiger partial charge in [0.2, 0.25) is 0 Å². The Morgan fingerprint density at radius 3 is 2.48 bits per heavy atom. The van der Waals surface area contributed by atoms with Crippen LogP contribution in [0.4, 0.5) is 5.82 Å². The average Bonchev–Trinajstić information content (AvgIpc) is 2.78. The third-order valence-corrected chi connectivity index (χ3v) is 6.28. The number of aromatic nitrogens is 4. The van der Waals surface area contributed by atoms with E-state index in [9.17, 15) is 19.2 Å². The van der Waals surface area contributed by atoms with Gasteiger partial charge in [-0.2, -0.15) is 0 Å². The number of nitrogens with zero attached hydrogens (tertiary/aromatic N) is 4. The highest BCUT2D eigenvalue weighted by atomic mass is 32.2. The summed E-state index contributed by atoms with van der Waals surface area (Å²) in [4.78, 5) is 55.9. The fourth-order valence-electron chi connectivity index (χ4n) is 3.56. The van der Waals surface area contributed by atoms with Gasteiger partial charge in [0, 0.05) is 20.1 Å². The molecule has 0 unspecified atom stereocenters. The van der Waals surface area contributed by atoms with Crippen LogP contribution in [0.1, 0.15) is 44.0 Å². The summed E-state index contributed by atoms with van der Waals surface area (Å²) in [7, 11) is 1.33. The maximum absolute atomic E-state index is 13.1. The lowest BCUT2D eigenvalue weighted by molar-refractivity contribution is 0.102. The van der Waals surface area contributed by atoms with Crippen molar-refractivity contribution in [2.24, 2.45) is 13.0 Å². The Morgan fingerprint density at radius 1 is 1.12 bits per heavy atom. The molecule has 9 nitrogen and oxygen atoms in total. The van der Waals surface area contributed by atoms with Gasteiger partial charge in [0.05, 0.1) is 16.7 Å². The second kappa shape index (κ2) is 10.2. The highest BCUT2D eigenvalue weighted by Gasteiger charge is 2.23. The highest BCUT2D eigenvalue weighted by molar-refractivity contribution is 7.99. The van der Waals surface area contributed by atoms with E-state index in [1.54, 1.807) is 28.8 Å². The summed E-state index contributed by atoms with van der Waals surface area (Å²) < 4.78 is 3.74. The first-order chi connectivity index (χ1) is 15.7. The average molecular weight is 472 g/mol. The van der Waals surface area contributed by atoms with Gasteiger partial charge in [-0.3, -0.25) is 28.1 Å². The Hall–Kier alpha value is -3.14. The van der Waals surface area contributed by atoms with Gasteiger partial charge >= 0.3 is 5.69 Å². The highest BCUT2D eigenvalue weighted by Crippen LogP contribution is 2.20. The number of unbranched alkanes of at least 4 members (excludes halogenated alkanes) is 1. The number of nitrogen functional groups attached to an aromatic ring is 1. The first-order valence-electron chi connectivity index (χ1n) is 10.9. The molecule has 0 aliphatic carbocycles. The zero-order chi connectivity index (χ0) is 24.3. The number of Topliss-reactive ketones (excluding diaryl/α,β-unsaturated/α-hetero) is 1. The van der Waals surface area contributed by atoms with Gasteiger partial charge in [-0.1, -0.05) is 51.1 Å². The molecular formula is C23H29N5O4S. The molecule has 0 saturated carbocycles. The number of hydrogen-bond acceptors (Lipinski definition) is 7. The molecule has 33 heavy (non-hydrogen) atoms. The van der Waals surface area contributed by atoms with Crippen molar-refractivity contribution in [3.63, 3.8) is 0 Å². The maximum atomic E-state index is 13.1. The lowest BCUT2D eigenvalue weighted by Gasteiger charge is -2.16. The maximum Gasteiger partial charge on any atom is 0.332 e. The molecule has 0 radical (unpaired) electrons. The van der Waals surface area contributed by atoms with Crippen LogP contribution in [0.25, 0.3) is 10.9 Å². The molecule has 0 aliphatic heterocycles. The van der Waals surface area contributed by atoms with E-state index in [2.05, 4.69) is 4.98 Å². The van der Waals surface area contributed by atoms with Crippen molar-refractivity contribution in [1.29, 1.82) is 0 Å². The topological polar surface area (TPSA) is 122 Å². The number of hydrogen-bond donors (Lipinski definition) is 1. The Kier molecular flexibility index (Phi) is 7.57. The number of ketones is 1. The van der Waals surface area contributed by atoms with Crippen LogP contribution < -0.4 is 22.5 Å². The van der Waals surface area contributed by atoms with Crippen molar-refractivity contribution in [2.75, 3.05) is 11.5 Å². The van der Waals surface area contributed by atoms with Crippen molar-refractivity contribution < 1.29 is 4.79 Å². The molecule has 3 aromatic rings. The Balaban J connectivity index is 2.00. The smallest absolute Gasteiger partial charge is 0.332 e. The Labute approximate surface area is 195 Å². The van der Waals surface area contributed by atoms with E-state index in [0.29, 0.717) is 22.6 Å². The van der Waals surface area contributed by atoms with Crippen molar-refractivity contribution in [2.45, 2.75) is 51.9 Å². The molecule has 0 spiro atoms. The molecule has 3 rings (SSSR count). The van der Waals surface area contributed by atoms with E-state index < -0.39 is 17.0 Å². The van der Waals surface area contributed by atoms with Crippen LogP contribution in [0.2, 0.25) is 0 Å². The van der Waals surface area contributed by atoms with E-state index in [4.69, 9.17) is 5.73 Å². The number of para-hydroxylation sites is 1. The minimum atomic E-state index is -0.724. The van der Waals surface area contributed by atoms with Gasteiger partial charge in [-0.05, 0) is 24.5 Å². The number of carbonyl (C=O) groups is 1. The summed E-state index contributed by atoms with van der Waals surface area (Å²) in [6.07, 6.45) is 1.68. The van der Waals surface area contributed by atoms with Gasteiger partial charge in [0.1, 0.15) is 11.4 Å². The summed E-state index contributed by atoms with van der Waals surface area (Å²) in [6.45, 7) is 6.62. The largest absolute Gasteiger partial charge is 0.384 e. The van der Waals surface area contributed by atoms with Crippen LogP contribution in [-0.2, 0) is 20.1 Å². The molecule has 0 aliphatic rings. The van der Waals surface area contributed by atoms with Gasteiger partial charge in [0.25, 0.3) is 11.1 Å². The first-order valence-corrected chi connectivity index (χ1v) is 11.9. The third-order valence-electron chi connectivity index (χ3n) is 5.30. The Bertz CT molecular complexity index is 1370. The van der Waals surface area contributed by atoms with Crippen LogP contribution in [0.15, 0.2) is 43.8 Å². The van der Waals surface area contributed by atoms with Crippen LogP contribution in [0, 0.1) is 5.92 Å². The zero-order valence-corrected chi connectivity index (χ0v) is 20.1. The lowest BCUT2D eigenvalue weighted by Crippen LogP contribution is -2.43. The molecule has 0 bridgehead atoms. The number of nitrogens with two attached hydrogens (primary N) is 1. The number of anilines is 1. The summed E-state index contributed by atoms with van der Waals surface area (Å²) in [6, 6.07) is 7.07. The quantitative estimate of drug-likeness (QED) is 0.289. The summed E-state index contributed by atoms with van der Waals surface area (Å²) in [5.74, 6) is -0.692. The lowest BCUT2D eigenvalue weighted by atomic mass is 10.2. The molecule has 0 saturated heterocycles. The summed E-state index contributed by atoms with van der Waals surface area (Å²) >= 11 is 1.09. The second-order valence-electron chi connectivity index (χ2n) is 8.35. The van der Waals surface area contributed by atoms with Gasteiger partial charge in [-0.25, -0.2) is 9.78 Å². The molecule has 2 N–H and O–H groups in total. The van der Waals surface area contributed by atoms with Gasteiger partial charge in [-0.15, -0.1) is 0 Å². The van der Waals surface area contributed by atoms with Crippen molar-refractivity contribution in [3.05, 3.63) is 61.0 Å². The molecule has 176 valence electrons. The van der Waals surface area contributed by atoms with Crippen LogP contribution in [-0.4, -0.2) is 30.2 Å². The Morgan fingerprint density at radius 2 is 1.82 bits per heavy atom. The SMILES string of the molecule is CCCCn1c(SCC(=O)c2c(N)n(CC(C)C)c(=O)n(C)c2=O)nc2ccccc2c1=O. The predicted octanol–water partition coefficient (Wildman–Crippen LogP) is 2.27. The first kappa shape index (κ1) is 24.5. The fourth-order valence-corrected chi connectivity index (χ4v) is 4.46.